The van der Waals surface area contributed by atoms with E-state index in [1.54, 1.807) is 6.07 Å². The molecule has 0 unspecified atom stereocenters. The molecule has 2 heterocycles. The van der Waals surface area contributed by atoms with E-state index in [-0.39, 0.29) is 18.7 Å². The molecule has 126 valence electrons. The number of rotatable bonds is 4. The molecule has 1 aromatic carbocycles. The Kier molecular flexibility index (Phi) is 5.06. The Morgan fingerprint density at radius 1 is 1.30 bits per heavy atom. The fraction of sp³-hybridized carbons (Fsp3) is 0.611. The predicted molar refractivity (Wildman–Crippen MR) is 85.9 cm³/mol. The van der Waals surface area contributed by atoms with Crippen molar-refractivity contribution in [2.24, 2.45) is 5.92 Å². The predicted octanol–water partition coefficient (Wildman–Crippen LogP) is 1.07. The molecule has 23 heavy (non-hydrogen) atoms. The van der Waals surface area contributed by atoms with Gasteiger partial charge in [-0.2, -0.15) is 0 Å². The van der Waals surface area contributed by atoms with Gasteiger partial charge in [0.25, 0.3) is 0 Å². The van der Waals surface area contributed by atoms with Gasteiger partial charge in [-0.1, -0.05) is 19.1 Å². The van der Waals surface area contributed by atoms with Gasteiger partial charge >= 0.3 is 5.97 Å². The second-order valence-electron chi connectivity index (χ2n) is 6.75. The summed E-state index contributed by atoms with van der Waals surface area (Å²) in [5.41, 5.74) is 0. The molecule has 1 saturated heterocycles. The van der Waals surface area contributed by atoms with Crippen molar-refractivity contribution in [1.82, 2.24) is 0 Å². The Morgan fingerprint density at radius 3 is 2.74 bits per heavy atom. The summed E-state index contributed by atoms with van der Waals surface area (Å²) in [4.78, 5) is 13.8. The Labute approximate surface area is 137 Å². The summed E-state index contributed by atoms with van der Waals surface area (Å²) < 4.78 is 16.8. The Bertz CT molecular complexity index is 540. The van der Waals surface area contributed by atoms with E-state index in [0.717, 1.165) is 12.5 Å². The number of quaternary nitrogens is 1. The summed E-state index contributed by atoms with van der Waals surface area (Å²) in [7, 11) is 0. The van der Waals surface area contributed by atoms with Crippen molar-refractivity contribution in [1.29, 1.82) is 0 Å². The van der Waals surface area contributed by atoms with Crippen LogP contribution >= 0.6 is 0 Å². The highest BCUT2D eigenvalue weighted by Crippen LogP contribution is 2.31. The molecule has 2 aliphatic heterocycles. The van der Waals surface area contributed by atoms with Gasteiger partial charge in [0.1, 0.15) is 19.3 Å². The number of likely N-dealkylation sites (tertiary alicyclic amines) is 1. The number of ether oxygens (including phenoxy) is 3. The first-order chi connectivity index (χ1) is 11.1. The topological polar surface area (TPSA) is 49.2 Å². The number of esters is 1. The number of nitrogens with one attached hydrogen (secondary N) is 1. The number of carbonyl (C=O) groups excluding carboxylic acids is 1. The molecule has 2 aliphatic rings. The van der Waals surface area contributed by atoms with Crippen molar-refractivity contribution in [2.75, 3.05) is 26.2 Å². The van der Waals surface area contributed by atoms with Crippen LogP contribution in [0.5, 0.6) is 11.5 Å². The lowest BCUT2D eigenvalue weighted by Crippen LogP contribution is -3.14. The van der Waals surface area contributed by atoms with E-state index in [0.29, 0.717) is 11.5 Å². The minimum atomic E-state index is -0.677. The van der Waals surface area contributed by atoms with Crippen LogP contribution in [0.3, 0.4) is 0 Å². The van der Waals surface area contributed by atoms with E-state index in [9.17, 15) is 4.79 Å². The lowest BCUT2D eigenvalue weighted by Gasteiger charge is -2.30. The van der Waals surface area contributed by atoms with Gasteiger partial charge in [-0.3, -0.25) is 0 Å². The van der Waals surface area contributed by atoms with Crippen LogP contribution in [0.1, 0.15) is 26.7 Å². The zero-order chi connectivity index (χ0) is 16.2. The van der Waals surface area contributed by atoms with Crippen LogP contribution < -0.4 is 14.4 Å². The van der Waals surface area contributed by atoms with Crippen LogP contribution in [-0.2, 0) is 9.53 Å². The Morgan fingerprint density at radius 2 is 2.00 bits per heavy atom. The summed E-state index contributed by atoms with van der Waals surface area (Å²) in [6.45, 7) is 7.66. The van der Waals surface area contributed by atoms with Crippen LogP contribution in [0.4, 0.5) is 0 Å². The molecule has 1 aromatic rings. The van der Waals surface area contributed by atoms with Gasteiger partial charge in [0.2, 0.25) is 6.10 Å². The number of fused-ring (bicyclic) bond motifs is 1. The molecule has 0 saturated carbocycles. The van der Waals surface area contributed by atoms with E-state index < -0.39 is 6.10 Å². The molecule has 0 amide bonds. The number of piperidine rings is 1. The highest BCUT2D eigenvalue weighted by molar-refractivity contribution is 5.76. The minimum absolute atomic E-state index is 0.105. The molecule has 0 spiro atoms. The molecular formula is C18H26NO4+. The minimum Gasteiger partial charge on any atom is -0.485 e. The van der Waals surface area contributed by atoms with Crippen LogP contribution in [0.15, 0.2) is 24.3 Å². The van der Waals surface area contributed by atoms with Crippen molar-refractivity contribution in [3.63, 3.8) is 0 Å². The van der Waals surface area contributed by atoms with E-state index >= 15 is 0 Å². The number of hydrogen-bond donors (Lipinski definition) is 1. The molecule has 1 N–H and O–H groups in total. The third-order valence-corrected chi connectivity index (χ3v) is 4.65. The van der Waals surface area contributed by atoms with Crippen molar-refractivity contribution < 1.29 is 23.9 Å². The first kappa shape index (κ1) is 16.1. The maximum atomic E-state index is 12.3. The molecule has 0 aliphatic carbocycles. The molecule has 5 heteroatoms. The maximum absolute atomic E-state index is 12.3. The Hall–Kier alpha value is -1.75. The first-order valence-corrected chi connectivity index (χ1v) is 8.54. The van der Waals surface area contributed by atoms with Gasteiger partial charge in [-0.25, -0.2) is 4.79 Å². The second kappa shape index (κ2) is 7.21. The molecule has 2 atom stereocenters. The fourth-order valence-electron chi connectivity index (χ4n) is 3.23. The highest BCUT2D eigenvalue weighted by atomic mass is 16.6. The summed E-state index contributed by atoms with van der Waals surface area (Å²) in [6, 6.07) is 7.38. The second-order valence-corrected chi connectivity index (χ2v) is 6.75. The van der Waals surface area contributed by atoms with E-state index in [1.165, 1.54) is 30.8 Å². The third kappa shape index (κ3) is 4.16. The first-order valence-electron chi connectivity index (χ1n) is 8.54. The van der Waals surface area contributed by atoms with Crippen molar-refractivity contribution >= 4 is 5.97 Å². The number of para-hydroxylation sites is 2. The summed E-state index contributed by atoms with van der Waals surface area (Å²) >= 11 is 0. The lowest BCUT2D eigenvalue weighted by molar-refractivity contribution is -0.908. The van der Waals surface area contributed by atoms with Crippen molar-refractivity contribution in [3.05, 3.63) is 24.3 Å². The number of benzene rings is 1. The van der Waals surface area contributed by atoms with Gasteiger partial charge in [0, 0.05) is 0 Å². The number of hydrogen-bond acceptors (Lipinski definition) is 4. The van der Waals surface area contributed by atoms with Crippen LogP contribution in [-0.4, -0.2) is 44.4 Å². The zero-order valence-electron chi connectivity index (χ0n) is 13.9. The van der Waals surface area contributed by atoms with Gasteiger partial charge in [-0.15, -0.1) is 0 Å². The SMILES string of the molecule is CC1CC[NH+](C[C@H](C)OC(=O)[C@H]2COc3ccccc3O2)CC1. The van der Waals surface area contributed by atoms with Crippen molar-refractivity contribution in [2.45, 2.75) is 38.9 Å². The number of carbonyl (C=O) groups is 1. The maximum Gasteiger partial charge on any atom is 0.351 e. The van der Waals surface area contributed by atoms with E-state index in [4.69, 9.17) is 14.2 Å². The quantitative estimate of drug-likeness (QED) is 0.843. The van der Waals surface area contributed by atoms with Crippen LogP contribution in [0.2, 0.25) is 0 Å². The third-order valence-electron chi connectivity index (χ3n) is 4.65. The van der Waals surface area contributed by atoms with Gasteiger partial charge < -0.3 is 19.1 Å². The summed E-state index contributed by atoms with van der Waals surface area (Å²) in [6.07, 6.45) is 1.73. The fourth-order valence-corrected chi connectivity index (χ4v) is 3.23. The lowest BCUT2D eigenvalue weighted by atomic mass is 9.99. The van der Waals surface area contributed by atoms with Gasteiger partial charge in [-0.05, 0) is 37.8 Å². The van der Waals surface area contributed by atoms with Gasteiger partial charge in [0.15, 0.2) is 11.5 Å². The highest BCUT2D eigenvalue weighted by Gasteiger charge is 2.31. The van der Waals surface area contributed by atoms with E-state index in [2.05, 4.69) is 6.92 Å². The summed E-state index contributed by atoms with van der Waals surface area (Å²) in [5, 5.41) is 0. The molecule has 0 radical (unpaired) electrons. The van der Waals surface area contributed by atoms with Gasteiger partial charge in [0.05, 0.1) is 13.1 Å². The normalized spacial score (nSPS) is 28.0. The van der Waals surface area contributed by atoms with Crippen LogP contribution in [0, 0.1) is 5.92 Å². The molecule has 0 aromatic heterocycles. The van der Waals surface area contributed by atoms with Crippen molar-refractivity contribution in [3.8, 4) is 11.5 Å². The monoisotopic (exact) mass is 320 g/mol. The van der Waals surface area contributed by atoms with Crippen LogP contribution in [0.25, 0.3) is 0 Å². The molecular weight excluding hydrogens is 294 g/mol. The molecule has 0 bridgehead atoms. The average Bonchev–Trinajstić information content (AvgIpc) is 2.56. The van der Waals surface area contributed by atoms with E-state index in [1.807, 2.05) is 25.1 Å². The molecule has 1 fully saturated rings. The zero-order valence-corrected chi connectivity index (χ0v) is 13.9. The molecule has 3 rings (SSSR count). The average molecular weight is 320 g/mol. The summed E-state index contributed by atoms with van der Waals surface area (Å²) in [5.74, 6) is 1.77. The molecule has 5 nitrogen and oxygen atoms in total. The Balaban J connectivity index is 1.47. The largest absolute Gasteiger partial charge is 0.485 e. The standard InChI is InChI=1S/C18H25NO4/c1-13-7-9-19(10-8-13)11-14(2)22-18(20)17-12-21-15-5-3-4-6-16(15)23-17/h3-6,13-14,17H,7-12H2,1-2H3/p+1/t14-,17+/m0/s1. The smallest absolute Gasteiger partial charge is 0.351 e.